The number of aliphatic carboxylic acids is 1. The first-order valence-corrected chi connectivity index (χ1v) is 5.23. The first-order chi connectivity index (χ1) is 7.51. The normalized spacial score (nSPS) is 16.9. The van der Waals surface area contributed by atoms with Crippen LogP contribution >= 0.6 is 0 Å². The summed E-state index contributed by atoms with van der Waals surface area (Å²) in [5, 5.41) is 8.38. The molecule has 0 heterocycles. The molecule has 16 heavy (non-hydrogen) atoms. The molecule has 86 valence electrons. The maximum absolute atomic E-state index is 13.1. The molecule has 1 aliphatic carbocycles. The van der Waals surface area contributed by atoms with Crippen LogP contribution in [0.5, 0.6) is 0 Å². The van der Waals surface area contributed by atoms with E-state index in [4.69, 9.17) is 5.11 Å². The van der Waals surface area contributed by atoms with Crippen LogP contribution < -0.4 is 0 Å². The Morgan fingerprint density at radius 3 is 2.19 bits per heavy atom. The highest BCUT2D eigenvalue weighted by Crippen LogP contribution is 2.37. The summed E-state index contributed by atoms with van der Waals surface area (Å²) in [4.78, 5) is 10.4. The Hall–Kier alpha value is -1.45. The van der Waals surface area contributed by atoms with Gasteiger partial charge in [-0.1, -0.05) is 30.7 Å². The Labute approximate surface area is 91.9 Å². The number of carbonyl (C=O) groups is 1. The van der Waals surface area contributed by atoms with Gasteiger partial charge < -0.3 is 5.11 Å². The summed E-state index contributed by atoms with van der Waals surface area (Å²) in [7, 11) is 0. The lowest BCUT2D eigenvalue weighted by atomic mass is 9.80. The number of carboxylic acids is 1. The first-order valence-electron chi connectivity index (χ1n) is 5.23. The van der Waals surface area contributed by atoms with Crippen molar-refractivity contribution in [3.63, 3.8) is 0 Å². The summed E-state index contributed by atoms with van der Waals surface area (Å²) in [6.45, 7) is 0. The van der Waals surface area contributed by atoms with Crippen LogP contribution in [0.3, 0.4) is 0 Å². The Morgan fingerprint density at radius 1 is 1.25 bits per heavy atom. The molecule has 2 nitrogen and oxygen atoms in total. The monoisotopic (exact) mass is 226 g/mol. The second-order valence-electron chi connectivity index (χ2n) is 4.13. The van der Waals surface area contributed by atoms with Gasteiger partial charge >= 0.3 is 11.9 Å². The molecule has 4 heteroatoms. The molecule has 0 aliphatic heterocycles. The van der Waals surface area contributed by atoms with Crippen LogP contribution in [0, 0.1) is 0 Å². The van der Waals surface area contributed by atoms with E-state index in [1.807, 2.05) is 0 Å². The van der Waals surface area contributed by atoms with E-state index in [0.29, 0.717) is 5.92 Å². The van der Waals surface area contributed by atoms with Gasteiger partial charge in [-0.25, -0.2) is 4.79 Å². The lowest BCUT2D eigenvalue weighted by Gasteiger charge is -2.26. The van der Waals surface area contributed by atoms with Crippen LogP contribution in [-0.2, 0) is 10.7 Å². The third-order valence-corrected chi connectivity index (χ3v) is 3.12. The van der Waals surface area contributed by atoms with Crippen molar-refractivity contribution in [1.29, 1.82) is 0 Å². The zero-order chi connectivity index (χ0) is 11.8. The van der Waals surface area contributed by atoms with Gasteiger partial charge in [-0.05, 0) is 24.3 Å². The van der Waals surface area contributed by atoms with Crippen LogP contribution in [-0.4, -0.2) is 11.1 Å². The van der Waals surface area contributed by atoms with Crippen LogP contribution in [0.4, 0.5) is 8.78 Å². The van der Waals surface area contributed by atoms with Gasteiger partial charge in [0.25, 0.3) is 0 Å². The van der Waals surface area contributed by atoms with Crippen LogP contribution in [0.25, 0.3) is 0 Å². The van der Waals surface area contributed by atoms with Gasteiger partial charge in [0.1, 0.15) is 0 Å². The molecule has 1 aromatic carbocycles. The summed E-state index contributed by atoms with van der Waals surface area (Å²) >= 11 is 0. The minimum atomic E-state index is -3.79. The quantitative estimate of drug-likeness (QED) is 0.859. The molecular weight excluding hydrogens is 214 g/mol. The Bertz CT molecular complexity index is 394. The van der Waals surface area contributed by atoms with Crippen LogP contribution in [0.2, 0.25) is 0 Å². The standard InChI is InChI=1S/C12H12F2O2/c13-12(14,11(15)16)10-6-4-9(5-7-10)8-2-1-3-8/h4-8H,1-3H2,(H,15,16). The van der Waals surface area contributed by atoms with E-state index < -0.39 is 17.5 Å². The number of benzene rings is 1. The van der Waals surface area contributed by atoms with Crippen molar-refractivity contribution in [1.82, 2.24) is 0 Å². The van der Waals surface area contributed by atoms with E-state index >= 15 is 0 Å². The molecule has 0 aromatic heterocycles. The zero-order valence-corrected chi connectivity index (χ0v) is 8.62. The average molecular weight is 226 g/mol. The molecule has 0 radical (unpaired) electrons. The van der Waals surface area contributed by atoms with Crippen molar-refractivity contribution in [2.45, 2.75) is 31.1 Å². The third-order valence-electron chi connectivity index (χ3n) is 3.12. The molecule has 0 bridgehead atoms. The summed E-state index contributed by atoms with van der Waals surface area (Å²) in [5.74, 6) is -5.44. The molecule has 1 N–H and O–H groups in total. The fraction of sp³-hybridized carbons (Fsp3) is 0.417. The highest BCUT2D eigenvalue weighted by Gasteiger charge is 2.40. The topological polar surface area (TPSA) is 37.3 Å². The van der Waals surface area contributed by atoms with Crippen molar-refractivity contribution in [3.8, 4) is 0 Å². The summed E-state index contributed by atoms with van der Waals surface area (Å²) in [6.07, 6.45) is 3.36. The lowest BCUT2D eigenvalue weighted by molar-refractivity contribution is -0.166. The highest BCUT2D eigenvalue weighted by molar-refractivity contribution is 5.77. The fourth-order valence-corrected chi connectivity index (χ4v) is 1.83. The molecular formula is C12H12F2O2. The van der Waals surface area contributed by atoms with E-state index in [-0.39, 0.29) is 0 Å². The number of rotatable bonds is 3. The molecule has 0 unspecified atom stereocenters. The van der Waals surface area contributed by atoms with Crippen molar-refractivity contribution in [2.24, 2.45) is 0 Å². The molecule has 1 aromatic rings. The molecule has 0 atom stereocenters. The molecule has 0 saturated heterocycles. The second-order valence-corrected chi connectivity index (χ2v) is 4.13. The number of halogens is 2. The minimum Gasteiger partial charge on any atom is -0.477 e. The van der Waals surface area contributed by atoms with E-state index in [1.54, 1.807) is 12.1 Å². The van der Waals surface area contributed by atoms with Gasteiger partial charge in [-0.15, -0.1) is 0 Å². The van der Waals surface area contributed by atoms with Crippen molar-refractivity contribution in [3.05, 3.63) is 35.4 Å². The maximum atomic E-state index is 13.1. The summed E-state index contributed by atoms with van der Waals surface area (Å²) in [5.41, 5.74) is 0.569. The van der Waals surface area contributed by atoms with Gasteiger partial charge in [0.15, 0.2) is 0 Å². The second kappa shape index (κ2) is 3.85. The van der Waals surface area contributed by atoms with Crippen molar-refractivity contribution >= 4 is 5.97 Å². The number of hydrogen-bond acceptors (Lipinski definition) is 1. The van der Waals surface area contributed by atoms with Crippen LogP contribution in [0.1, 0.15) is 36.3 Å². The van der Waals surface area contributed by atoms with Gasteiger partial charge in [-0.2, -0.15) is 8.78 Å². The molecule has 1 fully saturated rings. The van der Waals surface area contributed by atoms with Gasteiger partial charge in [0.2, 0.25) is 0 Å². The van der Waals surface area contributed by atoms with E-state index in [9.17, 15) is 13.6 Å². The average Bonchev–Trinajstić information content (AvgIpc) is 2.15. The molecule has 1 aliphatic rings. The largest absolute Gasteiger partial charge is 0.477 e. The Kier molecular flexibility index (Phi) is 2.66. The zero-order valence-electron chi connectivity index (χ0n) is 8.62. The summed E-state index contributed by atoms with van der Waals surface area (Å²) < 4.78 is 26.2. The van der Waals surface area contributed by atoms with E-state index in [0.717, 1.165) is 18.4 Å². The molecule has 0 amide bonds. The van der Waals surface area contributed by atoms with Gasteiger partial charge in [0, 0.05) is 5.56 Å². The fourth-order valence-electron chi connectivity index (χ4n) is 1.83. The molecule has 1 saturated carbocycles. The Balaban J connectivity index is 2.21. The van der Waals surface area contributed by atoms with Crippen LogP contribution in [0.15, 0.2) is 24.3 Å². The van der Waals surface area contributed by atoms with E-state index in [2.05, 4.69) is 0 Å². The number of carboxylic acid groups (broad SMARTS) is 1. The predicted molar refractivity (Wildman–Crippen MR) is 54.6 cm³/mol. The van der Waals surface area contributed by atoms with Gasteiger partial charge in [-0.3, -0.25) is 0 Å². The highest BCUT2D eigenvalue weighted by atomic mass is 19.3. The molecule has 2 rings (SSSR count). The maximum Gasteiger partial charge on any atom is 0.379 e. The SMILES string of the molecule is O=C(O)C(F)(F)c1ccc(C2CCC2)cc1. The molecule has 0 spiro atoms. The lowest BCUT2D eigenvalue weighted by Crippen LogP contribution is -2.25. The first kappa shape index (κ1) is 11.0. The predicted octanol–water partition coefficient (Wildman–Crippen LogP) is 3.13. The Morgan fingerprint density at radius 2 is 1.81 bits per heavy atom. The third kappa shape index (κ3) is 1.79. The number of hydrogen-bond donors (Lipinski definition) is 1. The van der Waals surface area contributed by atoms with E-state index in [1.165, 1.54) is 18.6 Å². The smallest absolute Gasteiger partial charge is 0.379 e. The van der Waals surface area contributed by atoms with Gasteiger partial charge in [0.05, 0.1) is 0 Å². The number of alkyl halides is 2. The summed E-state index contributed by atoms with van der Waals surface area (Å²) in [6, 6.07) is 5.63. The minimum absolute atomic E-state index is 0.455. The van der Waals surface area contributed by atoms with Crippen molar-refractivity contribution < 1.29 is 18.7 Å². The van der Waals surface area contributed by atoms with Crippen molar-refractivity contribution in [2.75, 3.05) is 0 Å².